The van der Waals surface area contributed by atoms with Crippen LogP contribution >= 0.6 is 46.4 Å². The fourth-order valence-electron chi connectivity index (χ4n) is 3.44. The molecule has 0 bridgehead atoms. The van der Waals surface area contributed by atoms with Crippen molar-refractivity contribution in [1.82, 2.24) is 4.31 Å². The van der Waals surface area contributed by atoms with E-state index in [1.54, 1.807) is 26.0 Å². The van der Waals surface area contributed by atoms with E-state index >= 15 is 0 Å². The van der Waals surface area contributed by atoms with Gasteiger partial charge in [0.05, 0.1) is 16.1 Å². The maximum absolute atomic E-state index is 12.2. The van der Waals surface area contributed by atoms with Gasteiger partial charge in [-0.1, -0.05) is 79.5 Å². The van der Waals surface area contributed by atoms with Gasteiger partial charge in [0.15, 0.2) is 0 Å². The maximum Gasteiger partial charge on any atom is 0.298 e. The standard InChI is InChI=1S/C12H14Cl2O3S.C10H13Cl2NO2S/c13-9-6-7-11(14)12(8-9)18(15,16)17-10-4-2-1-3-5-10;1-3-13(4-2)16(14,15)10-7-8(11)5-6-9(10)12/h6-8,10H,1-5H2;5-7H,3-4H2,1-2H3. The molecule has 2 aromatic carbocycles. The van der Waals surface area contributed by atoms with Crippen LogP contribution in [0.5, 0.6) is 0 Å². The summed E-state index contributed by atoms with van der Waals surface area (Å²) in [7, 11) is -7.37. The minimum absolute atomic E-state index is 0.0535. The summed E-state index contributed by atoms with van der Waals surface area (Å²) in [4.78, 5) is 0.00704. The molecule has 12 heteroatoms. The number of nitrogens with zero attached hydrogens (tertiary/aromatic N) is 1. The quantitative estimate of drug-likeness (QED) is 0.323. The Labute approximate surface area is 222 Å². The van der Waals surface area contributed by atoms with Crippen LogP contribution in [0.1, 0.15) is 46.0 Å². The summed E-state index contributed by atoms with van der Waals surface area (Å²) < 4.78 is 55.1. The largest absolute Gasteiger partial charge is 0.298 e. The second kappa shape index (κ2) is 13.1. The van der Waals surface area contributed by atoms with E-state index in [0.717, 1.165) is 32.1 Å². The molecule has 0 saturated heterocycles. The fraction of sp³-hybridized carbons (Fsp3) is 0.455. The van der Waals surface area contributed by atoms with E-state index < -0.39 is 20.1 Å². The molecular formula is C22H27Cl4NO5S2. The lowest BCUT2D eigenvalue weighted by Gasteiger charge is -2.21. The average Bonchev–Trinajstić information content (AvgIpc) is 2.78. The molecule has 1 aliphatic rings. The number of hydrogen-bond acceptors (Lipinski definition) is 5. The lowest BCUT2D eigenvalue weighted by Crippen LogP contribution is -2.30. The zero-order valence-corrected chi connectivity index (χ0v) is 23.5. The number of halogens is 4. The first-order valence-corrected chi connectivity index (χ1v) is 15.1. The first-order chi connectivity index (χ1) is 15.9. The third kappa shape index (κ3) is 7.96. The lowest BCUT2D eigenvalue weighted by molar-refractivity contribution is 0.162. The molecule has 190 valence electrons. The highest BCUT2D eigenvalue weighted by molar-refractivity contribution is 7.89. The van der Waals surface area contributed by atoms with Gasteiger partial charge in [-0.3, -0.25) is 4.18 Å². The molecule has 0 radical (unpaired) electrons. The second-order valence-corrected chi connectivity index (χ2v) is 12.7. The summed E-state index contributed by atoms with van der Waals surface area (Å²) in [6.07, 6.45) is 4.46. The molecule has 1 aliphatic carbocycles. The maximum atomic E-state index is 12.2. The van der Waals surface area contributed by atoms with Crippen molar-refractivity contribution in [2.75, 3.05) is 13.1 Å². The number of rotatable bonds is 7. The van der Waals surface area contributed by atoms with Crippen LogP contribution in [0.15, 0.2) is 46.2 Å². The Hall–Kier alpha value is -0.580. The molecule has 3 rings (SSSR count). The molecule has 2 aromatic rings. The van der Waals surface area contributed by atoms with E-state index in [0.29, 0.717) is 23.1 Å². The monoisotopic (exact) mass is 589 g/mol. The SMILES string of the molecule is CCN(CC)S(=O)(=O)c1cc(Cl)ccc1Cl.O=S(=O)(OC1CCCCC1)c1cc(Cl)ccc1Cl. The van der Waals surface area contributed by atoms with E-state index in [4.69, 9.17) is 50.6 Å². The summed E-state index contributed by atoms with van der Waals surface area (Å²) in [6, 6.07) is 8.75. The van der Waals surface area contributed by atoms with Gasteiger partial charge in [-0.2, -0.15) is 12.7 Å². The van der Waals surface area contributed by atoms with E-state index in [1.165, 1.54) is 28.6 Å². The molecule has 1 saturated carbocycles. The molecule has 0 spiro atoms. The molecule has 1 fully saturated rings. The molecule has 0 N–H and O–H groups in total. The average molecular weight is 591 g/mol. The Morgan fingerprint density at radius 3 is 1.76 bits per heavy atom. The first-order valence-electron chi connectivity index (χ1n) is 10.8. The topological polar surface area (TPSA) is 80.8 Å². The number of benzene rings is 2. The zero-order valence-electron chi connectivity index (χ0n) is 18.8. The number of sulfonamides is 1. The van der Waals surface area contributed by atoms with Gasteiger partial charge < -0.3 is 0 Å². The summed E-state index contributed by atoms with van der Waals surface area (Å²) in [6.45, 7) is 4.36. The van der Waals surface area contributed by atoms with Crippen molar-refractivity contribution in [1.29, 1.82) is 0 Å². The van der Waals surface area contributed by atoms with Crippen LogP contribution in [0.4, 0.5) is 0 Å². The van der Waals surface area contributed by atoms with E-state index in [-0.39, 0.29) is 25.9 Å². The van der Waals surface area contributed by atoms with Gasteiger partial charge in [0, 0.05) is 23.1 Å². The Kier molecular flexibility index (Phi) is 11.4. The predicted molar refractivity (Wildman–Crippen MR) is 138 cm³/mol. The first kappa shape index (κ1) is 29.6. The van der Waals surface area contributed by atoms with Gasteiger partial charge in [0.25, 0.3) is 10.1 Å². The van der Waals surface area contributed by atoms with Gasteiger partial charge in [0.2, 0.25) is 10.0 Å². The molecule has 0 heterocycles. The van der Waals surface area contributed by atoms with Crippen LogP contribution in [-0.2, 0) is 24.3 Å². The highest BCUT2D eigenvalue weighted by Crippen LogP contribution is 2.30. The Bertz CT molecular complexity index is 1180. The molecule has 0 aliphatic heterocycles. The zero-order chi connectivity index (χ0) is 25.5. The predicted octanol–water partition coefficient (Wildman–Crippen LogP) is 7.06. The fourth-order valence-corrected chi connectivity index (χ4v) is 7.50. The highest BCUT2D eigenvalue weighted by Gasteiger charge is 2.26. The van der Waals surface area contributed by atoms with Crippen molar-refractivity contribution < 1.29 is 21.0 Å². The Morgan fingerprint density at radius 2 is 1.26 bits per heavy atom. The normalized spacial score (nSPS) is 15.1. The molecule has 6 nitrogen and oxygen atoms in total. The minimum atomic E-state index is -3.83. The Morgan fingerprint density at radius 1 is 0.794 bits per heavy atom. The van der Waals surface area contributed by atoms with Crippen LogP contribution in [0, 0.1) is 0 Å². The minimum Gasteiger partial charge on any atom is -0.263 e. The van der Waals surface area contributed by atoms with Gasteiger partial charge in [-0.05, 0) is 49.2 Å². The molecule has 0 aromatic heterocycles. The van der Waals surface area contributed by atoms with Crippen molar-refractivity contribution >= 4 is 66.5 Å². The third-order valence-corrected chi connectivity index (χ3v) is 10.0. The van der Waals surface area contributed by atoms with Crippen molar-refractivity contribution in [3.05, 3.63) is 56.5 Å². The van der Waals surface area contributed by atoms with Gasteiger partial charge in [-0.15, -0.1) is 0 Å². The van der Waals surface area contributed by atoms with Gasteiger partial charge in [-0.25, -0.2) is 8.42 Å². The van der Waals surface area contributed by atoms with Crippen LogP contribution in [0.2, 0.25) is 20.1 Å². The molecule has 0 unspecified atom stereocenters. The Balaban J connectivity index is 0.000000242. The third-order valence-electron chi connectivity index (χ3n) is 5.19. The highest BCUT2D eigenvalue weighted by atomic mass is 35.5. The van der Waals surface area contributed by atoms with Crippen molar-refractivity contribution in [3.8, 4) is 0 Å². The van der Waals surface area contributed by atoms with Crippen LogP contribution in [0.3, 0.4) is 0 Å². The summed E-state index contributed by atoms with van der Waals surface area (Å²) >= 11 is 23.3. The van der Waals surface area contributed by atoms with Crippen LogP contribution < -0.4 is 0 Å². The van der Waals surface area contributed by atoms with Gasteiger partial charge >= 0.3 is 0 Å². The molecular weight excluding hydrogens is 564 g/mol. The number of hydrogen-bond donors (Lipinski definition) is 0. The summed E-state index contributed by atoms with van der Waals surface area (Å²) in [5.41, 5.74) is 0. The molecule has 0 atom stereocenters. The van der Waals surface area contributed by atoms with Crippen LogP contribution in [0.25, 0.3) is 0 Å². The summed E-state index contributed by atoms with van der Waals surface area (Å²) in [5.74, 6) is 0. The van der Waals surface area contributed by atoms with Crippen LogP contribution in [-0.4, -0.2) is 40.3 Å². The van der Waals surface area contributed by atoms with E-state index in [1.807, 2.05) is 0 Å². The van der Waals surface area contributed by atoms with Crippen molar-refractivity contribution in [3.63, 3.8) is 0 Å². The van der Waals surface area contributed by atoms with Crippen molar-refractivity contribution in [2.24, 2.45) is 0 Å². The smallest absolute Gasteiger partial charge is 0.263 e. The van der Waals surface area contributed by atoms with E-state index in [9.17, 15) is 16.8 Å². The summed E-state index contributed by atoms with van der Waals surface area (Å²) in [5, 5.41) is 1.01. The lowest BCUT2D eigenvalue weighted by atomic mass is 9.98. The molecule has 0 amide bonds. The molecule has 34 heavy (non-hydrogen) atoms. The second-order valence-electron chi connectivity index (χ2n) is 7.55. The van der Waals surface area contributed by atoms with E-state index in [2.05, 4.69) is 0 Å². The van der Waals surface area contributed by atoms with Gasteiger partial charge in [0.1, 0.15) is 9.79 Å². The van der Waals surface area contributed by atoms with Crippen molar-refractivity contribution in [2.45, 2.75) is 61.8 Å².